The molecule has 0 aromatic carbocycles. The largest absolute Gasteiger partial charge is 0.331 e. The van der Waals surface area contributed by atoms with Gasteiger partial charge in [-0.25, -0.2) is 0 Å². The third kappa shape index (κ3) is 2.35. The van der Waals surface area contributed by atoms with E-state index in [0.717, 1.165) is 0 Å². The smallest absolute Gasteiger partial charge is 0.299 e. The van der Waals surface area contributed by atoms with Gasteiger partial charge < -0.3 is 4.90 Å². The summed E-state index contributed by atoms with van der Waals surface area (Å²) in [5.41, 5.74) is 0. The minimum Gasteiger partial charge on any atom is -0.331 e. The van der Waals surface area contributed by atoms with Crippen LogP contribution in [0, 0.1) is 10.8 Å². The van der Waals surface area contributed by atoms with Crippen molar-refractivity contribution in [2.24, 2.45) is 0 Å². The molecule has 64 valence electrons. The lowest BCUT2D eigenvalue weighted by Gasteiger charge is -2.23. The predicted octanol–water partition coefficient (Wildman–Crippen LogP) is 0.534. The van der Waals surface area contributed by atoms with Gasteiger partial charge in [-0.05, 0) is 4.83 Å². The Labute approximate surface area is 79.2 Å². The zero-order chi connectivity index (χ0) is 8.97. The maximum Gasteiger partial charge on any atom is 0.299 e. The van der Waals surface area contributed by atoms with E-state index in [9.17, 15) is 9.59 Å². The third-order valence-electron chi connectivity index (χ3n) is 1.76. The van der Waals surface area contributed by atoms with E-state index in [-0.39, 0.29) is 11.7 Å². The Kier molecular flexibility index (Phi) is 3.30. The molecule has 0 aliphatic carbocycles. The number of piperidine rings is 1. The Balaban J connectivity index is 2.48. The van der Waals surface area contributed by atoms with Gasteiger partial charge in [-0.2, -0.15) is 0 Å². The molecule has 4 heteroatoms. The highest BCUT2D eigenvalue weighted by molar-refractivity contribution is 9.12. The van der Waals surface area contributed by atoms with E-state index in [1.807, 2.05) is 0 Å². The number of nitrogens with zero attached hydrogens (tertiary/aromatic N) is 1. The molecule has 0 saturated carbocycles. The van der Waals surface area contributed by atoms with E-state index in [4.69, 9.17) is 0 Å². The van der Waals surface area contributed by atoms with Gasteiger partial charge in [0.25, 0.3) is 5.91 Å². The molecule has 0 aromatic heterocycles. The van der Waals surface area contributed by atoms with E-state index in [0.29, 0.717) is 25.9 Å². The van der Waals surface area contributed by atoms with Crippen LogP contribution in [0.25, 0.3) is 0 Å². The molecule has 0 aromatic rings. The number of hydrogen-bond acceptors (Lipinski definition) is 2. The van der Waals surface area contributed by atoms with Gasteiger partial charge in [0.2, 0.25) is 0 Å². The minimum absolute atomic E-state index is 0.209. The fraction of sp³-hybridized carbons (Fsp3) is 0.500. The van der Waals surface area contributed by atoms with Crippen LogP contribution in [0.1, 0.15) is 12.8 Å². The summed E-state index contributed by atoms with van der Waals surface area (Å²) in [6.45, 7) is 1.03. The first-order valence-corrected chi connectivity index (χ1v) is 4.45. The van der Waals surface area contributed by atoms with E-state index in [2.05, 4.69) is 26.7 Å². The van der Waals surface area contributed by atoms with Crippen LogP contribution in [0.15, 0.2) is 0 Å². The molecule has 1 heterocycles. The molecule has 1 saturated heterocycles. The minimum atomic E-state index is -0.209. The van der Waals surface area contributed by atoms with Crippen LogP contribution >= 0.6 is 15.9 Å². The fourth-order valence-electron chi connectivity index (χ4n) is 1.08. The Morgan fingerprint density at radius 3 is 2.50 bits per heavy atom. The summed E-state index contributed by atoms with van der Waals surface area (Å²) in [5, 5.41) is 0. The molecule has 1 rings (SSSR count). The zero-order valence-corrected chi connectivity index (χ0v) is 8.06. The van der Waals surface area contributed by atoms with Crippen LogP contribution in [0.5, 0.6) is 0 Å². The lowest BCUT2D eigenvalue weighted by atomic mass is 10.1. The molecule has 0 bridgehead atoms. The summed E-state index contributed by atoms with van der Waals surface area (Å²) in [5.74, 6) is 2.39. The van der Waals surface area contributed by atoms with E-state index in [1.54, 1.807) is 4.90 Å². The van der Waals surface area contributed by atoms with Crippen molar-refractivity contribution in [3.8, 4) is 10.8 Å². The molecule has 0 radical (unpaired) electrons. The van der Waals surface area contributed by atoms with Gasteiger partial charge in [-0.15, -0.1) is 0 Å². The Morgan fingerprint density at radius 2 is 2.00 bits per heavy atom. The maximum absolute atomic E-state index is 11.1. The van der Waals surface area contributed by atoms with E-state index >= 15 is 0 Å². The molecule has 1 aliphatic heterocycles. The lowest BCUT2D eigenvalue weighted by Crippen LogP contribution is -2.37. The Morgan fingerprint density at radius 1 is 1.42 bits per heavy atom. The van der Waals surface area contributed by atoms with Gasteiger partial charge in [0, 0.05) is 47.8 Å². The van der Waals surface area contributed by atoms with Gasteiger partial charge in [0.1, 0.15) is 5.78 Å². The van der Waals surface area contributed by atoms with Crippen molar-refractivity contribution in [3.63, 3.8) is 0 Å². The summed E-state index contributed by atoms with van der Waals surface area (Å²) in [7, 11) is 0. The number of halogens is 1. The van der Waals surface area contributed by atoms with Crippen molar-refractivity contribution in [1.82, 2.24) is 4.90 Å². The predicted molar refractivity (Wildman–Crippen MR) is 47.5 cm³/mol. The quantitative estimate of drug-likeness (QED) is 0.569. The van der Waals surface area contributed by atoms with E-state index < -0.39 is 0 Å². The number of amides is 1. The van der Waals surface area contributed by atoms with Gasteiger partial charge >= 0.3 is 0 Å². The highest BCUT2D eigenvalue weighted by atomic mass is 79.9. The number of hydrogen-bond donors (Lipinski definition) is 0. The Hall–Kier alpha value is -0.820. The molecule has 3 nitrogen and oxygen atoms in total. The second-order valence-corrected chi connectivity index (χ2v) is 2.95. The first-order chi connectivity index (χ1) is 5.74. The highest BCUT2D eigenvalue weighted by Gasteiger charge is 2.18. The molecule has 1 fully saturated rings. The van der Waals surface area contributed by atoms with Gasteiger partial charge in [0.15, 0.2) is 0 Å². The maximum atomic E-state index is 11.1. The van der Waals surface area contributed by atoms with Crippen LogP contribution in [0.3, 0.4) is 0 Å². The molecule has 0 atom stereocenters. The van der Waals surface area contributed by atoms with Crippen LogP contribution in [-0.4, -0.2) is 29.7 Å². The average molecular weight is 230 g/mol. The molecule has 12 heavy (non-hydrogen) atoms. The molecule has 0 spiro atoms. The molecule has 1 amide bonds. The number of Topliss-reactive ketones (excluding diaryl/α,β-unsaturated/α-hetero) is 1. The lowest BCUT2D eigenvalue weighted by molar-refractivity contribution is -0.129. The third-order valence-corrected chi connectivity index (χ3v) is 1.96. The second kappa shape index (κ2) is 4.27. The highest BCUT2D eigenvalue weighted by Crippen LogP contribution is 2.05. The topological polar surface area (TPSA) is 37.4 Å². The fourth-order valence-corrected chi connectivity index (χ4v) is 1.25. The van der Waals surface area contributed by atoms with Crippen LogP contribution in [0.2, 0.25) is 0 Å². The number of likely N-dealkylation sites (tertiary alicyclic amines) is 1. The molecular weight excluding hydrogens is 222 g/mol. The number of carbonyl (C=O) groups excluding carboxylic acids is 2. The van der Waals surface area contributed by atoms with Gasteiger partial charge in [-0.1, -0.05) is 0 Å². The standard InChI is InChI=1S/C8H8BrNO2/c9-4-1-8(12)10-5-2-7(11)3-6-10/h2-3,5-6H2. The first kappa shape index (κ1) is 9.27. The monoisotopic (exact) mass is 229 g/mol. The second-order valence-electron chi connectivity index (χ2n) is 2.55. The van der Waals surface area contributed by atoms with E-state index in [1.165, 1.54) is 0 Å². The molecule has 0 N–H and O–H groups in total. The van der Waals surface area contributed by atoms with Crippen LogP contribution < -0.4 is 0 Å². The zero-order valence-electron chi connectivity index (χ0n) is 6.47. The summed E-state index contributed by atoms with van der Waals surface area (Å²) in [6, 6.07) is 0. The molecule has 0 unspecified atom stereocenters. The summed E-state index contributed by atoms with van der Waals surface area (Å²) in [6.07, 6.45) is 0.936. The number of ketones is 1. The van der Waals surface area contributed by atoms with Gasteiger partial charge in [-0.3, -0.25) is 9.59 Å². The normalized spacial score (nSPS) is 16.8. The van der Waals surface area contributed by atoms with Gasteiger partial charge in [0.05, 0.1) is 0 Å². The number of rotatable bonds is 0. The summed E-state index contributed by atoms with van der Waals surface area (Å²) < 4.78 is 0. The molecular formula is C8H8BrNO2. The number of carbonyl (C=O) groups is 2. The van der Waals surface area contributed by atoms with Crippen LogP contribution in [0.4, 0.5) is 0 Å². The SMILES string of the molecule is O=C1CCN(C(=O)C#CBr)CC1. The molecule has 1 aliphatic rings. The van der Waals surface area contributed by atoms with Crippen molar-refractivity contribution >= 4 is 27.6 Å². The summed E-state index contributed by atoms with van der Waals surface area (Å²) in [4.78, 5) is 25.9. The van der Waals surface area contributed by atoms with Crippen LogP contribution in [-0.2, 0) is 9.59 Å². The van der Waals surface area contributed by atoms with Crippen molar-refractivity contribution in [2.75, 3.05) is 13.1 Å². The average Bonchev–Trinajstić information content (AvgIpc) is 2.06. The van der Waals surface area contributed by atoms with Crippen molar-refractivity contribution < 1.29 is 9.59 Å². The summed E-state index contributed by atoms with van der Waals surface area (Å²) >= 11 is 2.85. The van der Waals surface area contributed by atoms with Crippen molar-refractivity contribution in [1.29, 1.82) is 0 Å². The van der Waals surface area contributed by atoms with Crippen molar-refractivity contribution in [2.45, 2.75) is 12.8 Å². The first-order valence-electron chi connectivity index (χ1n) is 3.66. The Bertz CT molecular complexity index is 254. The van der Waals surface area contributed by atoms with Crippen molar-refractivity contribution in [3.05, 3.63) is 0 Å².